The predicted molar refractivity (Wildman–Crippen MR) is 137 cm³/mol. The second-order valence-electron chi connectivity index (χ2n) is 7.75. The highest BCUT2D eigenvalue weighted by molar-refractivity contribution is 7.80. The Morgan fingerprint density at radius 2 is 1.94 bits per heavy atom. The van der Waals surface area contributed by atoms with Gasteiger partial charge in [0, 0.05) is 30.0 Å². The lowest BCUT2D eigenvalue weighted by atomic mass is 10.1. The van der Waals surface area contributed by atoms with E-state index in [2.05, 4.69) is 28.3 Å². The van der Waals surface area contributed by atoms with Crippen molar-refractivity contribution in [3.05, 3.63) is 100 Å². The summed E-state index contributed by atoms with van der Waals surface area (Å²) in [6.45, 7) is 2.96. The van der Waals surface area contributed by atoms with Crippen molar-refractivity contribution in [3.8, 4) is 5.75 Å². The molecule has 0 spiro atoms. The van der Waals surface area contributed by atoms with Gasteiger partial charge >= 0.3 is 0 Å². The maximum atomic E-state index is 12.9. The number of aromatic nitrogens is 2. The summed E-state index contributed by atoms with van der Waals surface area (Å²) in [5.74, 6) is 0.692. The zero-order chi connectivity index (χ0) is 23.2. The van der Waals surface area contributed by atoms with Gasteiger partial charge in [-0.15, -0.1) is 0 Å². The fraction of sp³-hybridized carbons (Fsp3) is 0.192. The zero-order valence-electron chi connectivity index (χ0n) is 18.7. The molecule has 168 valence electrons. The number of ether oxygens (including phenoxy) is 1. The number of nitrogens with zero attached hydrogens (tertiary/aromatic N) is 2. The molecular formula is C26H26N4O2S. The van der Waals surface area contributed by atoms with Gasteiger partial charge in [0.15, 0.2) is 5.11 Å². The topological polar surface area (TPSA) is 70.2 Å². The highest BCUT2D eigenvalue weighted by atomic mass is 32.1. The molecule has 0 radical (unpaired) electrons. The molecule has 0 saturated carbocycles. The van der Waals surface area contributed by atoms with Crippen LogP contribution in [0.3, 0.4) is 0 Å². The summed E-state index contributed by atoms with van der Waals surface area (Å²) >= 11 is 5.77. The molecule has 0 aliphatic carbocycles. The first-order chi connectivity index (χ1) is 16.1. The van der Waals surface area contributed by atoms with E-state index in [0.29, 0.717) is 29.5 Å². The van der Waals surface area contributed by atoms with Crippen LogP contribution in [-0.4, -0.2) is 27.1 Å². The number of aryl methyl sites for hydroxylation is 1. The summed E-state index contributed by atoms with van der Waals surface area (Å²) in [7, 11) is 1.62. The summed E-state index contributed by atoms with van der Waals surface area (Å²) in [5.41, 5.74) is 4.33. The van der Waals surface area contributed by atoms with Crippen molar-refractivity contribution < 1.29 is 4.74 Å². The number of hydrogen-bond donors (Lipinski definition) is 2. The van der Waals surface area contributed by atoms with E-state index in [-0.39, 0.29) is 5.56 Å². The van der Waals surface area contributed by atoms with Gasteiger partial charge in [-0.25, -0.2) is 0 Å². The first-order valence-corrected chi connectivity index (χ1v) is 11.2. The molecule has 0 atom stereocenters. The van der Waals surface area contributed by atoms with Crippen LogP contribution in [0, 0.1) is 0 Å². The first-order valence-electron chi connectivity index (χ1n) is 10.8. The standard InChI is InChI=1S/C26H26N4O2S/c1-3-18-10-11-22-20(13-18)14-21(25(31)28-22)17-30(16-19-7-6-12-27-15-19)26(33)29-23-8-4-5-9-24(23)32-2/h4-15H,3,16-17H2,1-2H3,(H,28,31)(H,29,33). The molecule has 2 aromatic heterocycles. The SMILES string of the molecule is CCc1ccc2[nH]c(=O)c(CN(Cc3cccnc3)C(=S)Nc3ccccc3OC)cc2c1. The molecule has 0 amide bonds. The molecule has 0 aliphatic heterocycles. The minimum atomic E-state index is -0.122. The first kappa shape index (κ1) is 22.5. The normalized spacial score (nSPS) is 10.7. The smallest absolute Gasteiger partial charge is 0.253 e. The molecule has 2 aromatic carbocycles. The third-order valence-corrected chi connectivity index (χ3v) is 5.85. The van der Waals surface area contributed by atoms with Crippen LogP contribution >= 0.6 is 12.2 Å². The number of para-hydroxylation sites is 2. The fourth-order valence-corrected chi connectivity index (χ4v) is 3.94. The molecule has 0 unspecified atom stereocenters. The number of anilines is 1. The number of hydrogen-bond acceptors (Lipinski definition) is 4. The molecule has 0 aliphatic rings. The summed E-state index contributed by atoms with van der Waals surface area (Å²) in [4.78, 5) is 22.1. The fourth-order valence-electron chi connectivity index (χ4n) is 3.70. The van der Waals surface area contributed by atoms with E-state index in [1.165, 1.54) is 5.56 Å². The van der Waals surface area contributed by atoms with E-state index >= 15 is 0 Å². The summed E-state index contributed by atoms with van der Waals surface area (Å²) in [6.07, 6.45) is 4.47. The van der Waals surface area contributed by atoms with Gasteiger partial charge in [0.05, 0.1) is 19.3 Å². The second-order valence-corrected chi connectivity index (χ2v) is 8.13. The van der Waals surface area contributed by atoms with Crippen molar-refractivity contribution in [1.29, 1.82) is 0 Å². The van der Waals surface area contributed by atoms with Crippen LogP contribution in [0.1, 0.15) is 23.6 Å². The number of benzene rings is 2. The van der Waals surface area contributed by atoms with E-state index in [4.69, 9.17) is 17.0 Å². The van der Waals surface area contributed by atoms with Gasteiger partial charge in [0.2, 0.25) is 0 Å². The maximum absolute atomic E-state index is 12.9. The molecule has 7 heteroatoms. The van der Waals surface area contributed by atoms with E-state index in [1.54, 1.807) is 19.5 Å². The summed E-state index contributed by atoms with van der Waals surface area (Å²) in [6, 6.07) is 19.5. The van der Waals surface area contributed by atoms with Crippen molar-refractivity contribution >= 4 is 33.9 Å². The van der Waals surface area contributed by atoms with Crippen LogP contribution in [0.2, 0.25) is 0 Å². The van der Waals surface area contributed by atoms with Crippen LogP contribution in [0.25, 0.3) is 10.9 Å². The highest BCUT2D eigenvalue weighted by Crippen LogP contribution is 2.24. The number of rotatable bonds is 7. The van der Waals surface area contributed by atoms with Crippen LogP contribution in [0.5, 0.6) is 5.75 Å². The van der Waals surface area contributed by atoms with Gasteiger partial charge in [-0.2, -0.15) is 0 Å². The highest BCUT2D eigenvalue weighted by Gasteiger charge is 2.16. The minimum Gasteiger partial charge on any atom is -0.495 e. The number of methoxy groups -OCH3 is 1. The van der Waals surface area contributed by atoms with E-state index < -0.39 is 0 Å². The number of H-pyrrole nitrogens is 1. The van der Waals surface area contributed by atoms with E-state index in [1.807, 2.05) is 59.5 Å². The zero-order valence-corrected chi connectivity index (χ0v) is 19.5. The largest absolute Gasteiger partial charge is 0.495 e. The lowest BCUT2D eigenvalue weighted by molar-refractivity contribution is 0.407. The number of fused-ring (bicyclic) bond motifs is 1. The lowest BCUT2D eigenvalue weighted by Crippen LogP contribution is -2.35. The third kappa shape index (κ3) is 5.38. The predicted octanol–water partition coefficient (Wildman–Crippen LogP) is 4.89. The Balaban J connectivity index is 1.66. The Labute approximate surface area is 198 Å². The quantitative estimate of drug-likeness (QED) is 0.384. The number of nitrogens with one attached hydrogen (secondary N) is 2. The van der Waals surface area contributed by atoms with Crippen molar-refractivity contribution in [3.63, 3.8) is 0 Å². The van der Waals surface area contributed by atoms with Gasteiger partial charge < -0.3 is 19.9 Å². The maximum Gasteiger partial charge on any atom is 0.253 e. The Hall–Kier alpha value is -3.71. The molecule has 33 heavy (non-hydrogen) atoms. The Morgan fingerprint density at radius 1 is 1.09 bits per heavy atom. The molecule has 0 saturated heterocycles. The summed E-state index contributed by atoms with van der Waals surface area (Å²) < 4.78 is 5.45. The van der Waals surface area contributed by atoms with Crippen molar-refractivity contribution in [2.45, 2.75) is 26.4 Å². The Kier molecular flexibility index (Phi) is 7.00. The van der Waals surface area contributed by atoms with Gasteiger partial charge in [-0.05, 0) is 71.6 Å². The Morgan fingerprint density at radius 3 is 2.70 bits per heavy atom. The van der Waals surface area contributed by atoms with Crippen LogP contribution < -0.4 is 15.6 Å². The van der Waals surface area contributed by atoms with Crippen molar-refractivity contribution in [2.75, 3.05) is 12.4 Å². The van der Waals surface area contributed by atoms with Gasteiger partial charge in [-0.3, -0.25) is 9.78 Å². The second kappa shape index (κ2) is 10.3. The minimum absolute atomic E-state index is 0.122. The number of pyridine rings is 2. The molecule has 6 nitrogen and oxygen atoms in total. The number of aromatic amines is 1. The number of thiocarbonyl (C=S) groups is 1. The molecule has 2 N–H and O–H groups in total. The Bertz CT molecular complexity index is 1320. The van der Waals surface area contributed by atoms with Crippen LogP contribution in [-0.2, 0) is 19.5 Å². The van der Waals surface area contributed by atoms with Crippen molar-refractivity contribution in [2.24, 2.45) is 0 Å². The molecule has 4 aromatic rings. The van der Waals surface area contributed by atoms with Gasteiger partial charge in [-0.1, -0.05) is 31.2 Å². The van der Waals surface area contributed by atoms with Crippen LogP contribution in [0.4, 0.5) is 5.69 Å². The van der Waals surface area contributed by atoms with E-state index in [9.17, 15) is 4.79 Å². The molecule has 0 fully saturated rings. The van der Waals surface area contributed by atoms with Crippen LogP contribution in [0.15, 0.2) is 77.9 Å². The van der Waals surface area contributed by atoms with Gasteiger partial charge in [0.25, 0.3) is 5.56 Å². The molecule has 4 rings (SSSR count). The summed E-state index contributed by atoms with van der Waals surface area (Å²) in [5, 5.41) is 4.78. The average molecular weight is 459 g/mol. The van der Waals surface area contributed by atoms with Crippen molar-refractivity contribution in [1.82, 2.24) is 14.9 Å². The monoisotopic (exact) mass is 458 g/mol. The average Bonchev–Trinajstić information content (AvgIpc) is 2.84. The molecule has 0 bridgehead atoms. The molecule has 2 heterocycles. The third-order valence-electron chi connectivity index (χ3n) is 5.49. The lowest BCUT2D eigenvalue weighted by Gasteiger charge is -2.26. The van der Waals surface area contributed by atoms with E-state index in [0.717, 1.165) is 28.6 Å². The molecular weight excluding hydrogens is 432 g/mol. The van der Waals surface area contributed by atoms with Gasteiger partial charge in [0.1, 0.15) is 5.75 Å².